The van der Waals surface area contributed by atoms with Crippen LogP contribution in [0.4, 0.5) is 0 Å². The molecule has 0 fully saturated rings. The predicted octanol–water partition coefficient (Wildman–Crippen LogP) is 2.02. The number of benzene rings is 1. The minimum absolute atomic E-state index is 0.0391. The lowest BCUT2D eigenvalue weighted by Crippen LogP contribution is -2.11. The van der Waals surface area contributed by atoms with Crippen LogP contribution in [0.2, 0.25) is 5.02 Å². The molecular formula is C12H12ClN3O3. The van der Waals surface area contributed by atoms with Crippen LogP contribution in [0.5, 0.6) is 5.75 Å². The summed E-state index contributed by atoms with van der Waals surface area (Å²) in [6, 6.07) is 7.05. The van der Waals surface area contributed by atoms with Crippen molar-refractivity contribution in [3.05, 3.63) is 40.7 Å². The lowest BCUT2D eigenvalue weighted by molar-refractivity contribution is 0.0689. The highest BCUT2D eigenvalue weighted by Gasteiger charge is 2.14. The molecule has 1 N–H and O–H groups in total. The number of nitrogens with zero attached hydrogens (tertiary/aromatic N) is 3. The number of carbonyl (C=O) groups is 1. The summed E-state index contributed by atoms with van der Waals surface area (Å²) in [6.07, 6.45) is 0. The van der Waals surface area contributed by atoms with Crippen LogP contribution < -0.4 is 4.74 Å². The Balaban J connectivity index is 1.94. The van der Waals surface area contributed by atoms with Gasteiger partial charge in [0.15, 0.2) is 5.69 Å². The van der Waals surface area contributed by atoms with E-state index in [0.717, 1.165) is 0 Å². The van der Waals surface area contributed by atoms with Crippen molar-refractivity contribution in [2.75, 3.05) is 6.61 Å². The highest BCUT2D eigenvalue weighted by atomic mass is 35.5. The van der Waals surface area contributed by atoms with Crippen LogP contribution in [-0.4, -0.2) is 32.7 Å². The summed E-state index contributed by atoms with van der Waals surface area (Å²) >= 11 is 5.83. The third-order valence-electron chi connectivity index (χ3n) is 2.55. The summed E-state index contributed by atoms with van der Waals surface area (Å²) in [5.41, 5.74) is 0.463. The second kappa shape index (κ2) is 5.71. The largest absolute Gasteiger partial charge is 0.492 e. The zero-order chi connectivity index (χ0) is 13.8. The topological polar surface area (TPSA) is 77.2 Å². The summed E-state index contributed by atoms with van der Waals surface area (Å²) in [5, 5.41) is 16.8. The fourth-order valence-electron chi connectivity index (χ4n) is 1.58. The van der Waals surface area contributed by atoms with E-state index in [4.69, 9.17) is 21.4 Å². The van der Waals surface area contributed by atoms with Gasteiger partial charge in [0.1, 0.15) is 12.4 Å². The van der Waals surface area contributed by atoms with Crippen molar-refractivity contribution < 1.29 is 14.6 Å². The average Bonchev–Trinajstić information content (AvgIpc) is 2.71. The first-order valence-corrected chi connectivity index (χ1v) is 5.97. The number of aromatic nitrogens is 3. The summed E-state index contributed by atoms with van der Waals surface area (Å²) < 4.78 is 6.99. The van der Waals surface area contributed by atoms with Crippen LogP contribution in [0, 0.1) is 6.92 Å². The van der Waals surface area contributed by atoms with Crippen molar-refractivity contribution in [2.24, 2.45) is 0 Å². The molecule has 2 rings (SSSR count). The van der Waals surface area contributed by atoms with Crippen LogP contribution in [0.1, 0.15) is 16.2 Å². The smallest absolute Gasteiger partial charge is 0.358 e. The molecule has 2 aromatic rings. The average molecular weight is 282 g/mol. The number of carboxylic acid groups (broad SMARTS) is 1. The third-order valence-corrected chi connectivity index (χ3v) is 2.79. The van der Waals surface area contributed by atoms with E-state index < -0.39 is 5.97 Å². The summed E-state index contributed by atoms with van der Waals surface area (Å²) in [6.45, 7) is 2.42. The second-order valence-electron chi connectivity index (χ2n) is 3.86. The summed E-state index contributed by atoms with van der Waals surface area (Å²) in [7, 11) is 0. The lowest BCUT2D eigenvalue weighted by Gasteiger charge is -2.07. The molecule has 0 saturated carbocycles. The van der Waals surface area contributed by atoms with E-state index in [9.17, 15) is 4.79 Å². The first-order valence-electron chi connectivity index (χ1n) is 5.59. The molecule has 0 aliphatic heterocycles. The molecule has 0 radical (unpaired) electrons. The fraction of sp³-hybridized carbons (Fsp3) is 0.250. The van der Waals surface area contributed by atoms with Gasteiger partial charge in [-0.05, 0) is 25.1 Å². The maximum absolute atomic E-state index is 10.8. The van der Waals surface area contributed by atoms with E-state index in [1.807, 2.05) is 0 Å². The quantitative estimate of drug-likeness (QED) is 0.907. The molecule has 19 heavy (non-hydrogen) atoms. The molecule has 100 valence electrons. The van der Waals surface area contributed by atoms with Crippen molar-refractivity contribution in [3.63, 3.8) is 0 Å². The monoisotopic (exact) mass is 281 g/mol. The Bertz CT molecular complexity index is 598. The normalized spacial score (nSPS) is 10.4. The van der Waals surface area contributed by atoms with Crippen molar-refractivity contribution in [1.29, 1.82) is 0 Å². The Kier molecular flexibility index (Phi) is 4.01. The SMILES string of the molecule is Cc1c(C(=O)O)nnn1CCOc1cccc(Cl)c1. The van der Waals surface area contributed by atoms with Crippen LogP contribution in [0.25, 0.3) is 0 Å². The standard InChI is InChI=1S/C12H12ClN3O3/c1-8-11(12(17)18)14-15-16(8)5-6-19-10-4-2-3-9(13)7-10/h2-4,7H,5-6H2,1H3,(H,17,18). The molecule has 1 aromatic carbocycles. The van der Waals surface area contributed by atoms with E-state index in [1.165, 1.54) is 4.68 Å². The first kappa shape index (κ1) is 13.4. The Morgan fingerprint density at radius 2 is 2.32 bits per heavy atom. The molecule has 1 heterocycles. The van der Waals surface area contributed by atoms with Gasteiger partial charge >= 0.3 is 5.97 Å². The van der Waals surface area contributed by atoms with Crippen LogP contribution in [0.15, 0.2) is 24.3 Å². The van der Waals surface area contributed by atoms with Gasteiger partial charge in [0.05, 0.1) is 12.2 Å². The van der Waals surface area contributed by atoms with Crippen molar-refractivity contribution >= 4 is 17.6 Å². The highest BCUT2D eigenvalue weighted by Crippen LogP contribution is 2.17. The molecule has 0 spiro atoms. The number of hydrogen-bond acceptors (Lipinski definition) is 4. The molecule has 0 bridgehead atoms. The van der Waals surface area contributed by atoms with E-state index in [0.29, 0.717) is 29.6 Å². The molecule has 7 heteroatoms. The number of ether oxygens (including phenoxy) is 1. The molecule has 1 aromatic heterocycles. The molecule has 0 aliphatic rings. The summed E-state index contributed by atoms with van der Waals surface area (Å²) in [5.74, 6) is -0.428. The zero-order valence-electron chi connectivity index (χ0n) is 10.2. The van der Waals surface area contributed by atoms with E-state index in [2.05, 4.69) is 10.3 Å². The minimum Gasteiger partial charge on any atom is -0.492 e. The summed E-state index contributed by atoms with van der Waals surface area (Å²) in [4.78, 5) is 10.8. The van der Waals surface area contributed by atoms with Crippen LogP contribution in [-0.2, 0) is 6.54 Å². The third kappa shape index (κ3) is 3.23. The number of halogens is 1. The predicted molar refractivity (Wildman–Crippen MR) is 68.7 cm³/mol. The van der Waals surface area contributed by atoms with Gasteiger partial charge in [-0.1, -0.05) is 22.9 Å². The minimum atomic E-state index is -1.08. The van der Waals surface area contributed by atoms with E-state index in [-0.39, 0.29) is 5.69 Å². The molecule has 0 unspecified atom stereocenters. The van der Waals surface area contributed by atoms with E-state index >= 15 is 0 Å². The molecule has 0 atom stereocenters. The van der Waals surface area contributed by atoms with Gasteiger partial charge in [-0.15, -0.1) is 5.10 Å². The van der Waals surface area contributed by atoms with Crippen molar-refractivity contribution in [2.45, 2.75) is 13.5 Å². The Hall–Kier alpha value is -2.08. The van der Waals surface area contributed by atoms with Gasteiger partial charge in [0.25, 0.3) is 0 Å². The molecule has 0 amide bonds. The number of carboxylic acids is 1. The zero-order valence-corrected chi connectivity index (χ0v) is 11.0. The van der Waals surface area contributed by atoms with Crippen LogP contribution >= 0.6 is 11.6 Å². The number of hydrogen-bond donors (Lipinski definition) is 1. The molecule has 0 saturated heterocycles. The molecular weight excluding hydrogens is 270 g/mol. The maximum Gasteiger partial charge on any atom is 0.358 e. The number of rotatable bonds is 5. The van der Waals surface area contributed by atoms with Gasteiger partial charge < -0.3 is 9.84 Å². The Labute approximate surface area is 114 Å². The Morgan fingerprint density at radius 3 is 2.95 bits per heavy atom. The second-order valence-corrected chi connectivity index (χ2v) is 4.29. The van der Waals surface area contributed by atoms with Crippen molar-refractivity contribution in [3.8, 4) is 5.75 Å². The van der Waals surface area contributed by atoms with Crippen LogP contribution in [0.3, 0.4) is 0 Å². The van der Waals surface area contributed by atoms with Gasteiger partial charge in [-0.25, -0.2) is 9.48 Å². The van der Waals surface area contributed by atoms with Gasteiger partial charge in [0.2, 0.25) is 0 Å². The first-order chi connectivity index (χ1) is 9.08. The lowest BCUT2D eigenvalue weighted by atomic mass is 10.3. The molecule has 0 aliphatic carbocycles. The van der Waals surface area contributed by atoms with Gasteiger partial charge in [0, 0.05) is 5.02 Å². The maximum atomic E-state index is 10.8. The van der Waals surface area contributed by atoms with Crippen molar-refractivity contribution in [1.82, 2.24) is 15.0 Å². The van der Waals surface area contributed by atoms with Gasteiger partial charge in [-0.3, -0.25) is 0 Å². The number of aromatic carboxylic acids is 1. The van der Waals surface area contributed by atoms with E-state index in [1.54, 1.807) is 31.2 Å². The fourth-order valence-corrected chi connectivity index (χ4v) is 1.76. The molecule has 6 nitrogen and oxygen atoms in total. The van der Waals surface area contributed by atoms with Gasteiger partial charge in [-0.2, -0.15) is 0 Å². The highest BCUT2D eigenvalue weighted by molar-refractivity contribution is 6.30. The Morgan fingerprint density at radius 1 is 1.53 bits per heavy atom.